The average Bonchev–Trinajstić information content (AvgIpc) is 3.10. The minimum Gasteiger partial charge on any atom is -0.465 e. The topological polar surface area (TPSA) is 47.0 Å². The highest BCUT2D eigenvalue weighted by Crippen LogP contribution is 2.36. The Balaban J connectivity index is 1.78. The van der Waals surface area contributed by atoms with Gasteiger partial charge in [0.05, 0.1) is 12.2 Å². The molecule has 0 aliphatic carbocycles. The second kappa shape index (κ2) is 7.92. The van der Waals surface area contributed by atoms with E-state index in [0.29, 0.717) is 57.9 Å². The van der Waals surface area contributed by atoms with Crippen molar-refractivity contribution in [1.29, 1.82) is 0 Å². The number of rotatable bonds is 4. The molecular formula is C18H23F4N3O2. The predicted octanol–water partition coefficient (Wildman–Crippen LogP) is 3.30. The fraction of sp³-hybridized carbons (Fsp3) is 0.611. The minimum absolute atomic E-state index is 0.147. The lowest BCUT2D eigenvalue weighted by Crippen LogP contribution is -2.47. The van der Waals surface area contributed by atoms with Gasteiger partial charge in [0.25, 0.3) is 0 Å². The van der Waals surface area contributed by atoms with E-state index in [0.717, 1.165) is 17.7 Å². The van der Waals surface area contributed by atoms with Crippen LogP contribution in [0, 0.1) is 5.92 Å². The maximum atomic E-state index is 13.2. The standard InChI is InChI=1S/C18H23F4N3O2/c19-10-13-3-4-25(11-13)16-9-15(18(20,21)22)2-1-14(16)12-23-5-7-24(8-6-23)17(26)27/h1-2,9,13H,3-8,10-12H2,(H,26,27)/t13-/m1/s1. The monoisotopic (exact) mass is 389 g/mol. The Hall–Kier alpha value is -2.03. The van der Waals surface area contributed by atoms with Gasteiger partial charge in [0.1, 0.15) is 0 Å². The van der Waals surface area contributed by atoms with E-state index in [1.165, 1.54) is 11.0 Å². The van der Waals surface area contributed by atoms with Crippen LogP contribution in [-0.4, -0.2) is 66.9 Å². The summed E-state index contributed by atoms with van der Waals surface area (Å²) in [5.41, 5.74) is 0.549. The van der Waals surface area contributed by atoms with E-state index in [1.54, 1.807) is 0 Å². The van der Waals surface area contributed by atoms with E-state index in [2.05, 4.69) is 0 Å². The van der Waals surface area contributed by atoms with Crippen LogP contribution in [0.3, 0.4) is 0 Å². The molecule has 0 bridgehead atoms. The molecule has 27 heavy (non-hydrogen) atoms. The molecule has 0 spiro atoms. The van der Waals surface area contributed by atoms with Crippen LogP contribution in [0.2, 0.25) is 0 Å². The van der Waals surface area contributed by atoms with Gasteiger partial charge in [-0.2, -0.15) is 13.2 Å². The van der Waals surface area contributed by atoms with Gasteiger partial charge in [0.15, 0.2) is 0 Å². The van der Waals surface area contributed by atoms with Gasteiger partial charge in [-0.05, 0) is 24.1 Å². The van der Waals surface area contributed by atoms with Gasteiger partial charge in [0, 0.05) is 57.4 Å². The number of anilines is 1. The third-order valence-corrected chi connectivity index (χ3v) is 5.29. The summed E-state index contributed by atoms with van der Waals surface area (Å²) in [6.07, 6.45) is -4.76. The zero-order valence-electron chi connectivity index (χ0n) is 14.9. The highest BCUT2D eigenvalue weighted by atomic mass is 19.4. The van der Waals surface area contributed by atoms with Crippen LogP contribution in [0.4, 0.5) is 28.0 Å². The SMILES string of the molecule is O=C(O)N1CCN(Cc2ccc(C(F)(F)F)cc2N2CC[C@H](CF)C2)CC1. The van der Waals surface area contributed by atoms with Crippen molar-refractivity contribution in [3.05, 3.63) is 29.3 Å². The summed E-state index contributed by atoms with van der Waals surface area (Å²) >= 11 is 0. The number of benzene rings is 1. The maximum Gasteiger partial charge on any atom is 0.416 e. The number of carbonyl (C=O) groups is 1. The van der Waals surface area contributed by atoms with E-state index in [4.69, 9.17) is 5.11 Å². The molecule has 1 aromatic carbocycles. The van der Waals surface area contributed by atoms with Crippen molar-refractivity contribution >= 4 is 11.8 Å². The summed E-state index contributed by atoms with van der Waals surface area (Å²) in [5.74, 6) is -0.147. The van der Waals surface area contributed by atoms with Crippen molar-refractivity contribution in [3.8, 4) is 0 Å². The van der Waals surface area contributed by atoms with Crippen molar-refractivity contribution < 1.29 is 27.5 Å². The highest BCUT2D eigenvalue weighted by molar-refractivity contribution is 5.65. The molecule has 3 rings (SSSR count). The molecule has 2 heterocycles. The van der Waals surface area contributed by atoms with Crippen LogP contribution in [0.25, 0.3) is 0 Å². The van der Waals surface area contributed by atoms with Gasteiger partial charge >= 0.3 is 12.3 Å². The number of hydrogen-bond donors (Lipinski definition) is 1. The largest absolute Gasteiger partial charge is 0.465 e. The van der Waals surface area contributed by atoms with E-state index in [-0.39, 0.29) is 5.92 Å². The lowest BCUT2D eigenvalue weighted by molar-refractivity contribution is -0.137. The predicted molar refractivity (Wildman–Crippen MR) is 92.6 cm³/mol. The molecule has 5 nitrogen and oxygen atoms in total. The van der Waals surface area contributed by atoms with Gasteiger partial charge in [0.2, 0.25) is 0 Å². The molecule has 1 aromatic rings. The van der Waals surface area contributed by atoms with Crippen molar-refractivity contribution in [2.24, 2.45) is 5.92 Å². The minimum atomic E-state index is -4.43. The van der Waals surface area contributed by atoms with Crippen LogP contribution >= 0.6 is 0 Å². The van der Waals surface area contributed by atoms with E-state index in [9.17, 15) is 22.4 Å². The number of carboxylic acid groups (broad SMARTS) is 1. The van der Waals surface area contributed by atoms with Crippen molar-refractivity contribution in [2.75, 3.05) is 50.8 Å². The number of alkyl halides is 4. The summed E-state index contributed by atoms with van der Waals surface area (Å²) in [6, 6.07) is 3.73. The summed E-state index contributed by atoms with van der Waals surface area (Å²) < 4.78 is 52.4. The molecule has 0 unspecified atom stereocenters. The first kappa shape index (κ1) is 19.7. The van der Waals surface area contributed by atoms with Gasteiger partial charge < -0.3 is 14.9 Å². The fourth-order valence-corrected chi connectivity index (χ4v) is 3.68. The first-order valence-corrected chi connectivity index (χ1v) is 8.99. The number of hydrogen-bond acceptors (Lipinski definition) is 3. The maximum absolute atomic E-state index is 13.2. The second-order valence-corrected chi connectivity index (χ2v) is 7.14. The third kappa shape index (κ3) is 4.63. The van der Waals surface area contributed by atoms with Crippen molar-refractivity contribution in [2.45, 2.75) is 19.1 Å². The molecule has 2 aliphatic heterocycles. The molecule has 0 aromatic heterocycles. The number of amides is 1. The Labute approximate surface area is 155 Å². The smallest absolute Gasteiger partial charge is 0.416 e. The van der Waals surface area contributed by atoms with Crippen LogP contribution in [0.5, 0.6) is 0 Å². The first-order chi connectivity index (χ1) is 12.8. The Morgan fingerprint density at radius 1 is 1.15 bits per heavy atom. The zero-order valence-corrected chi connectivity index (χ0v) is 14.9. The summed E-state index contributed by atoms with van der Waals surface area (Å²) in [4.78, 5) is 16.2. The molecule has 2 aliphatic rings. The quantitative estimate of drug-likeness (QED) is 0.803. The summed E-state index contributed by atoms with van der Waals surface area (Å²) in [7, 11) is 0. The van der Waals surface area contributed by atoms with E-state index < -0.39 is 24.5 Å². The van der Waals surface area contributed by atoms with E-state index >= 15 is 0 Å². The fourth-order valence-electron chi connectivity index (χ4n) is 3.68. The number of nitrogens with zero attached hydrogens (tertiary/aromatic N) is 3. The van der Waals surface area contributed by atoms with Crippen LogP contribution in [0.15, 0.2) is 18.2 Å². The molecule has 9 heteroatoms. The highest BCUT2D eigenvalue weighted by Gasteiger charge is 2.33. The van der Waals surface area contributed by atoms with Crippen molar-refractivity contribution in [3.63, 3.8) is 0 Å². The van der Waals surface area contributed by atoms with Gasteiger partial charge in [-0.1, -0.05) is 6.07 Å². The molecular weight excluding hydrogens is 366 g/mol. The van der Waals surface area contributed by atoms with Gasteiger partial charge in [-0.15, -0.1) is 0 Å². The Kier molecular flexibility index (Phi) is 5.78. The zero-order chi connectivity index (χ0) is 19.6. The molecule has 0 radical (unpaired) electrons. The van der Waals surface area contributed by atoms with Crippen molar-refractivity contribution in [1.82, 2.24) is 9.80 Å². The molecule has 2 fully saturated rings. The van der Waals surface area contributed by atoms with Crippen LogP contribution in [0.1, 0.15) is 17.5 Å². The summed E-state index contributed by atoms with van der Waals surface area (Å²) in [6.45, 7) is 2.73. The molecule has 0 saturated carbocycles. The number of halogens is 4. The molecule has 1 amide bonds. The molecule has 2 saturated heterocycles. The third-order valence-electron chi connectivity index (χ3n) is 5.29. The lowest BCUT2D eigenvalue weighted by Gasteiger charge is -2.34. The molecule has 1 N–H and O–H groups in total. The molecule has 1 atom stereocenters. The second-order valence-electron chi connectivity index (χ2n) is 7.14. The van der Waals surface area contributed by atoms with Crippen LogP contribution in [-0.2, 0) is 12.7 Å². The first-order valence-electron chi connectivity index (χ1n) is 8.99. The Bertz CT molecular complexity index is 675. The number of piperazine rings is 1. The average molecular weight is 389 g/mol. The van der Waals surface area contributed by atoms with Gasteiger partial charge in [-0.25, -0.2) is 4.79 Å². The Morgan fingerprint density at radius 2 is 1.85 bits per heavy atom. The van der Waals surface area contributed by atoms with Crippen LogP contribution < -0.4 is 4.90 Å². The Morgan fingerprint density at radius 3 is 2.41 bits per heavy atom. The summed E-state index contributed by atoms with van der Waals surface area (Å²) in [5, 5.41) is 9.02. The lowest BCUT2D eigenvalue weighted by atomic mass is 10.1. The van der Waals surface area contributed by atoms with E-state index in [1.807, 2.05) is 9.80 Å². The van der Waals surface area contributed by atoms with Gasteiger partial charge in [-0.3, -0.25) is 9.29 Å². The molecule has 150 valence electrons. The normalized spacial score (nSPS) is 21.7.